The number of rotatable bonds is 3. The van der Waals surface area contributed by atoms with Crippen LogP contribution in [0.15, 0.2) is 12.1 Å². The van der Waals surface area contributed by atoms with Crippen LogP contribution in [0, 0.1) is 0 Å². The molecule has 1 aromatic rings. The van der Waals surface area contributed by atoms with E-state index in [2.05, 4.69) is 19.9 Å². The van der Waals surface area contributed by atoms with Gasteiger partial charge >= 0.3 is 0 Å². The van der Waals surface area contributed by atoms with Crippen LogP contribution in [0.5, 0.6) is 5.75 Å². The third-order valence-electron chi connectivity index (χ3n) is 3.58. The van der Waals surface area contributed by atoms with E-state index >= 15 is 0 Å². The molecule has 1 aliphatic rings. The zero-order chi connectivity index (χ0) is 14.2. The van der Waals surface area contributed by atoms with Crippen LogP contribution in [0.2, 0.25) is 0 Å². The second kappa shape index (κ2) is 5.21. The molecule has 2 N–H and O–H groups in total. The molecule has 4 heteroatoms. The standard InChI is InChI=1S/C15H22N2O2/c1-9(2)12-7-11(5-6-16)14-13(8-12)17(4)15(18)10(3)19-14/h7-10H,5-6,16H2,1-4H3. The molecular formula is C15H22N2O2. The Morgan fingerprint density at radius 3 is 2.68 bits per heavy atom. The van der Waals surface area contributed by atoms with Gasteiger partial charge < -0.3 is 15.4 Å². The van der Waals surface area contributed by atoms with Gasteiger partial charge in [-0.25, -0.2) is 0 Å². The van der Waals surface area contributed by atoms with Crippen LogP contribution in [-0.2, 0) is 11.2 Å². The monoisotopic (exact) mass is 262 g/mol. The largest absolute Gasteiger partial charge is 0.478 e. The molecule has 1 heterocycles. The highest BCUT2D eigenvalue weighted by Gasteiger charge is 2.31. The SMILES string of the molecule is CC1Oc2c(CCN)cc(C(C)C)cc2N(C)C1=O. The van der Waals surface area contributed by atoms with Crippen molar-refractivity contribution in [2.45, 2.75) is 39.2 Å². The smallest absolute Gasteiger partial charge is 0.267 e. The molecule has 0 saturated heterocycles. The van der Waals surface area contributed by atoms with Gasteiger partial charge in [0.2, 0.25) is 0 Å². The first-order chi connectivity index (χ1) is 8.95. The summed E-state index contributed by atoms with van der Waals surface area (Å²) in [5.41, 5.74) is 8.84. The molecule has 0 aliphatic carbocycles. The van der Waals surface area contributed by atoms with Crippen molar-refractivity contribution in [1.29, 1.82) is 0 Å². The summed E-state index contributed by atoms with van der Waals surface area (Å²) >= 11 is 0. The zero-order valence-electron chi connectivity index (χ0n) is 12.1. The van der Waals surface area contributed by atoms with Gasteiger partial charge in [-0.15, -0.1) is 0 Å². The molecule has 0 fully saturated rings. The van der Waals surface area contributed by atoms with E-state index in [1.165, 1.54) is 5.56 Å². The number of carbonyl (C=O) groups excluding carboxylic acids is 1. The molecule has 1 unspecified atom stereocenters. The zero-order valence-corrected chi connectivity index (χ0v) is 12.1. The number of nitrogens with two attached hydrogens (primary N) is 1. The maximum Gasteiger partial charge on any atom is 0.267 e. The number of fused-ring (bicyclic) bond motifs is 1. The molecule has 104 valence electrons. The van der Waals surface area contributed by atoms with E-state index in [-0.39, 0.29) is 5.91 Å². The van der Waals surface area contributed by atoms with Crippen molar-refractivity contribution < 1.29 is 9.53 Å². The van der Waals surface area contributed by atoms with Crippen molar-refractivity contribution in [3.05, 3.63) is 23.3 Å². The summed E-state index contributed by atoms with van der Waals surface area (Å²) in [6, 6.07) is 4.19. The van der Waals surface area contributed by atoms with Gasteiger partial charge in [0.1, 0.15) is 5.75 Å². The van der Waals surface area contributed by atoms with E-state index in [0.29, 0.717) is 12.5 Å². The van der Waals surface area contributed by atoms with E-state index in [9.17, 15) is 4.79 Å². The quantitative estimate of drug-likeness (QED) is 0.907. The van der Waals surface area contributed by atoms with Gasteiger partial charge in [0.05, 0.1) is 5.69 Å². The summed E-state index contributed by atoms with van der Waals surface area (Å²) < 4.78 is 5.79. The third-order valence-corrected chi connectivity index (χ3v) is 3.58. The molecule has 1 aromatic carbocycles. The molecule has 0 spiro atoms. The minimum absolute atomic E-state index is 0.00731. The first kappa shape index (κ1) is 13.9. The molecule has 0 aromatic heterocycles. The van der Waals surface area contributed by atoms with Gasteiger partial charge in [-0.3, -0.25) is 4.79 Å². The maximum atomic E-state index is 12.0. The lowest BCUT2D eigenvalue weighted by atomic mass is 9.96. The highest BCUT2D eigenvalue weighted by atomic mass is 16.5. The second-order valence-corrected chi connectivity index (χ2v) is 5.38. The van der Waals surface area contributed by atoms with Crippen molar-refractivity contribution in [1.82, 2.24) is 0 Å². The fourth-order valence-corrected chi connectivity index (χ4v) is 2.37. The molecule has 19 heavy (non-hydrogen) atoms. The fraction of sp³-hybridized carbons (Fsp3) is 0.533. The summed E-state index contributed by atoms with van der Waals surface area (Å²) in [4.78, 5) is 13.7. The van der Waals surface area contributed by atoms with Crippen LogP contribution in [0.1, 0.15) is 37.8 Å². The van der Waals surface area contributed by atoms with E-state index in [1.807, 2.05) is 6.07 Å². The molecule has 0 bridgehead atoms. The Labute approximate surface area is 114 Å². The molecule has 2 rings (SSSR count). The lowest BCUT2D eigenvalue weighted by molar-refractivity contribution is -0.125. The number of hydrogen-bond acceptors (Lipinski definition) is 3. The number of hydrogen-bond donors (Lipinski definition) is 1. The van der Waals surface area contributed by atoms with Crippen molar-refractivity contribution >= 4 is 11.6 Å². The number of anilines is 1. The predicted molar refractivity (Wildman–Crippen MR) is 76.8 cm³/mol. The topological polar surface area (TPSA) is 55.6 Å². The Hall–Kier alpha value is -1.55. The van der Waals surface area contributed by atoms with Crippen LogP contribution in [0.25, 0.3) is 0 Å². The van der Waals surface area contributed by atoms with Crippen molar-refractivity contribution in [3.63, 3.8) is 0 Å². The number of carbonyl (C=O) groups is 1. The number of likely N-dealkylation sites (N-methyl/N-ethyl adjacent to an activating group) is 1. The van der Waals surface area contributed by atoms with Gasteiger partial charge in [0.25, 0.3) is 5.91 Å². The number of ether oxygens (including phenoxy) is 1. The lowest BCUT2D eigenvalue weighted by Gasteiger charge is -2.32. The van der Waals surface area contributed by atoms with E-state index < -0.39 is 6.10 Å². The molecule has 0 saturated carbocycles. The highest BCUT2D eigenvalue weighted by Crippen LogP contribution is 2.39. The van der Waals surface area contributed by atoms with Gasteiger partial charge in [-0.1, -0.05) is 19.9 Å². The summed E-state index contributed by atoms with van der Waals surface area (Å²) in [6.45, 7) is 6.64. The van der Waals surface area contributed by atoms with Gasteiger partial charge in [0, 0.05) is 7.05 Å². The Balaban J connectivity index is 2.57. The molecule has 1 aliphatic heterocycles. The summed E-state index contributed by atoms with van der Waals surface area (Å²) in [5, 5.41) is 0. The average Bonchev–Trinajstić information content (AvgIpc) is 2.37. The first-order valence-corrected chi connectivity index (χ1v) is 6.76. The Morgan fingerprint density at radius 2 is 2.11 bits per heavy atom. The van der Waals surface area contributed by atoms with Crippen LogP contribution in [0.3, 0.4) is 0 Å². The average molecular weight is 262 g/mol. The molecule has 1 atom stereocenters. The van der Waals surface area contributed by atoms with Crippen molar-refractivity contribution in [3.8, 4) is 5.75 Å². The molecule has 4 nitrogen and oxygen atoms in total. The van der Waals surface area contributed by atoms with Gasteiger partial charge in [-0.2, -0.15) is 0 Å². The fourth-order valence-electron chi connectivity index (χ4n) is 2.37. The normalized spacial score (nSPS) is 18.5. The summed E-state index contributed by atoms with van der Waals surface area (Å²) in [6.07, 6.45) is 0.330. The Morgan fingerprint density at radius 1 is 1.42 bits per heavy atom. The van der Waals surface area contributed by atoms with Gasteiger partial charge in [-0.05, 0) is 43.0 Å². The van der Waals surface area contributed by atoms with Crippen LogP contribution in [0.4, 0.5) is 5.69 Å². The summed E-state index contributed by atoms with van der Waals surface area (Å²) in [7, 11) is 1.80. The molecule has 0 radical (unpaired) electrons. The van der Waals surface area contributed by atoms with E-state index in [4.69, 9.17) is 10.5 Å². The highest BCUT2D eigenvalue weighted by molar-refractivity contribution is 5.99. The number of nitrogens with zero attached hydrogens (tertiary/aromatic N) is 1. The number of benzene rings is 1. The predicted octanol–water partition coefficient (Wildman–Crippen LogP) is 2.05. The molecular weight excluding hydrogens is 240 g/mol. The molecule has 1 amide bonds. The first-order valence-electron chi connectivity index (χ1n) is 6.76. The van der Waals surface area contributed by atoms with E-state index in [1.54, 1.807) is 18.9 Å². The minimum Gasteiger partial charge on any atom is -0.478 e. The van der Waals surface area contributed by atoms with Crippen molar-refractivity contribution in [2.75, 3.05) is 18.5 Å². The van der Waals surface area contributed by atoms with Crippen LogP contribution in [-0.4, -0.2) is 25.6 Å². The third kappa shape index (κ3) is 2.45. The second-order valence-electron chi connectivity index (χ2n) is 5.38. The van der Waals surface area contributed by atoms with Crippen molar-refractivity contribution in [2.24, 2.45) is 5.73 Å². The summed E-state index contributed by atoms with van der Waals surface area (Å²) in [5.74, 6) is 1.21. The van der Waals surface area contributed by atoms with Gasteiger partial charge in [0.15, 0.2) is 6.10 Å². The van der Waals surface area contributed by atoms with E-state index in [0.717, 1.165) is 23.4 Å². The Bertz CT molecular complexity index is 497. The van der Waals surface area contributed by atoms with Crippen LogP contribution < -0.4 is 15.4 Å². The van der Waals surface area contributed by atoms with Crippen LogP contribution >= 0.6 is 0 Å². The number of amides is 1. The maximum absolute atomic E-state index is 12.0. The lowest BCUT2D eigenvalue weighted by Crippen LogP contribution is -2.42. The Kier molecular flexibility index (Phi) is 3.80. The minimum atomic E-state index is -0.432.